The van der Waals surface area contributed by atoms with Gasteiger partial charge in [-0.25, -0.2) is 9.37 Å². The first-order valence-corrected chi connectivity index (χ1v) is 5.42. The molecule has 0 bridgehead atoms. The van der Waals surface area contributed by atoms with Gasteiger partial charge in [0.2, 0.25) is 5.88 Å². The molecule has 0 atom stereocenters. The van der Waals surface area contributed by atoms with Crippen LogP contribution in [0.25, 0.3) is 11.3 Å². The Hall–Kier alpha value is -1.97. The monoisotopic (exact) mass is 232 g/mol. The summed E-state index contributed by atoms with van der Waals surface area (Å²) in [5.74, 6) is 0.169. The Labute approximate surface area is 99.3 Å². The van der Waals surface area contributed by atoms with Gasteiger partial charge in [-0.3, -0.25) is 4.98 Å². The Morgan fingerprint density at radius 1 is 1.29 bits per heavy atom. The lowest BCUT2D eigenvalue weighted by Gasteiger charge is -2.07. The van der Waals surface area contributed by atoms with Crippen LogP contribution in [0.15, 0.2) is 30.6 Å². The molecule has 0 aliphatic heterocycles. The van der Waals surface area contributed by atoms with Crippen LogP contribution < -0.4 is 4.74 Å². The van der Waals surface area contributed by atoms with Crippen LogP contribution >= 0.6 is 0 Å². The molecule has 0 aliphatic rings. The van der Waals surface area contributed by atoms with Gasteiger partial charge in [0, 0.05) is 5.56 Å². The number of rotatable bonds is 3. The fourth-order valence-electron chi connectivity index (χ4n) is 1.57. The molecule has 2 rings (SSSR count). The summed E-state index contributed by atoms with van der Waals surface area (Å²) >= 11 is 0. The molecule has 0 radical (unpaired) electrons. The molecule has 1 aromatic heterocycles. The van der Waals surface area contributed by atoms with Crippen LogP contribution in [0.4, 0.5) is 4.39 Å². The average Bonchev–Trinajstić information content (AvgIpc) is 2.33. The van der Waals surface area contributed by atoms with Crippen LogP contribution in [0.2, 0.25) is 0 Å². The molecule has 0 aliphatic carbocycles. The van der Waals surface area contributed by atoms with E-state index in [-0.39, 0.29) is 5.82 Å². The third-order valence-corrected chi connectivity index (χ3v) is 2.38. The van der Waals surface area contributed by atoms with E-state index in [9.17, 15) is 4.39 Å². The van der Waals surface area contributed by atoms with Gasteiger partial charge in [0.1, 0.15) is 5.82 Å². The van der Waals surface area contributed by atoms with Crippen molar-refractivity contribution in [1.29, 1.82) is 0 Å². The predicted octanol–water partition coefficient (Wildman–Crippen LogP) is 2.99. The minimum absolute atomic E-state index is 0.283. The topological polar surface area (TPSA) is 35.0 Å². The summed E-state index contributed by atoms with van der Waals surface area (Å²) in [6, 6.07) is 4.60. The summed E-state index contributed by atoms with van der Waals surface area (Å²) in [4.78, 5) is 8.32. The zero-order chi connectivity index (χ0) is 12.3. The molecule has 0 saturated carbocycles. The van der Waals surface area contributed by atoms with Crippen LogP contribution in [-0.4, -0.2) is 16.6 Å². The zero-order valence-corrected chi connectivity index (χ0v) is 9.77. The lowest BCUT2D eigenvalue weighted by Crippen LogP contribution is -1.97. The number of aromatic nitrogens is 2. The van der Waals surface area contributed by atoms with Crippen molar-refractivity contribution in [3.05, 3.63) is 42.0 Å². The summed E-state index contributed by atoms with van der Waals surface area (Å²) in [5.41, 5.74) is 2.31. The van der Waals surface area contributed by atoms with Gasteiger partial charge >= 0.3 is 0 Å². The SMILES string of the molecule is CCOc1cncc(-c2cc(F)ccc2C)n1. The Bertz CT molecular complexity index is 529. The Kier molecular flexibility index (Phi) is 3.32. The second-order valence-electron chi connectivity index (χ2n) is 3.63. The van der Waals surface area contributed by atoms with Crippen LogP contribution in [0.3, 0.4) is 0 Å². The lowest BCUT2D eigenvalue weighted by molar-refractivity contribution is 0.325. The highest BCUT2D eigenvalue weighted by atomic mass is 19.1. The summed E-state index contributed by atoms with van der Waals surface area (Å²) in [7, 11) is 0. The van der Waals surface area contributed by atoms with Crippen molar-refractivity contribution in [1.82, 2.24) is 9.97 Å². The molecular formula is C13H13FN2O. The van der Waals surface area contributed by atoms with E-state index in [2.05, 4.69) is 9.97 Å². The molecule has 0 fully saturated rings. The summed E-state index contributed by atoms with van der Waals surface area (Å²) in [6.07, 6.45) is 3.14. The Morgan fingerprint density at radius 3 is 2.88 bits per heavy atom. The first kappa shape index (κ1) is 11.5. The smallest absolute Gasteiger partial charge is 0.232 e. The summed E-state index contributed by atoms with van der Waals surface area (Å²) in [5, 5.41) is 0. The van der Waals surface area contributed by atoms with Crippen LogP contribution in [0.1, 0.15) is 12.5 Å². The second kappa shape index (κ2) is 4.91. The number of nitrogens with zero attached hydrogens (tertiary/aromatic N) is 2. The van der Waals surface area contributed by atoms with Gasteiger partial charge in [-0.1, -0.05) is 6.07 Å². The van der Waals surface area contributed by atoms with Crippen molar-refractivity contribution < 1.29 is 9.13 Å². The van der Waals surface area contributed by atoms with E-state index in [0.29, 0.717) is 18.2 Å². The third-order valence-electron chi connectivity index (χ3n) is 2.38. The van der Waals surface area contributed by atoms with E-state index in [1.807, 2.05) is 13.8 Å². The molecular weight excluding hydrogens is 219 g/mol. The number of benzene rings is 1. The standard InChI is InChI=1S/C13H13FN2O/c1-3-17-13-8-15-7-12(16-13)11-6-10(14)5-4-9(11)2/h4-8H,3H2,1-2H3. The molecule has 0 N–H and O–H groups in total. The van der Waals surface area contributed by atoms with Gasteiger partial charge < -0.3 is 4.74 Å². The molecule has 0 spiro atoms. The molecule has 3 nitrogen and oxygen atoms in total. The lowest BCUT2D eigenvalue weighted by atomic mass is 10.1. The van der Waals surface area contributed by atoms with E-state index < -0.39 is 0 Å². The van der Waals surface area contributed by atoms with Crippen molar-refractivity contribution in [3.63, 3.8) is 0 Å². The molecule has 0 saturated heterocycles. The minimum atomic E-state index is -0.283. The van der Waals surface area contributed by atoms with Crippen LogP contribution in [0.5, 0.6) is 5.88 Å². The van der Waals surface area contributed by atoms with Gasteiger partial charge in [-0.15, -0.1) is 0 Å². The maximum Gasteiger partial charge on any atom is 0.232 e. The fraction of sp³-hybridized carbons (Fsp3) is 0.231. The van der Waals surface area contributed by atoms with Gasteiger partial charge in [0.25, 0.3) is 0 Å². The molecule has 2 aromatic rings. The van der Waals surface area contributed by atoms with Crippen molar-refractivity contribution >= 4 is 0 Å². The van der Waals surface area contributed by atoms with Gasteiger partial charge in [-0.2, -0.15) is 0 Å². The zero-order valence-electron chi connectivity index (χ0n) is 9.77. The van der Waals surface area contributed by atoms with Crippen molar-refractivity contribution in [2.75, 3.05) is 6.61 Å². The predicted molar refractivity (Wildman–Crippen MR) is 63.3 cm³/mol. The van der Waals surface area contributed by atoms with E-state index in [4.69, 9.17) is 4.74 Å². The first-order valence-electron chi connectivity index (χ1n) is 5.42. The molecule has 0 unspecified atom stereocenters. The third kappa shape index (κ3) is 2.58. The van der Waals surface area contributed by atoms with E-state index in [1.54, 1.807) is 18.5 Å². The number of hydrogen-bond acceptors (Lipinski definition) is 3. The highest BCUT2D eigenvalue weighted by Gasteiger charge is 2.06. The highest BCUT2D eigenvalue weighted by Crippen LogP contribution is 2.23. The Morgan fingerprint density at radius 2 is 2.12 bits per heavy atom. The summed E-state index contributed by atoms with van der Waals surface area (Å²) in [6.45, 7) is 4.31. The average molecular weight is 232 g/mol. The molecule has 17 heavy (non-hydrogen) atoms. The number of hydrogen-bond donors (Lipinski definition) is 0. The minimum Gasteiger partial charge on any atom is -0.477 e. The maximum absolute atomic E-state index is 13.2. The van der Waals surface area contributed by atoms with E-state index in [0.717, 1.165) is 11.1 Å². The van der Waals surface area contributed by atoms with E-state index >= 15 is 0 Å². The molecule has 88 valence electrons. The van der Waals surface area contributed by atoms with Crippen molar-refractivity contribution in [2.45, 2.75) is 13.8 Å². The number of halogens is 1. The largest absolute Gasteiger partial charge is 0.477 e. The first-order chi connectivity index (χ1) is 8.20. The molecule has 1 aromatic carbocycles. The van der Waals surface area contributed by atoms with Crippen molar-refractivity contribution in [3.8, 4) is 17.1 Å². The van der Waals surface area contributed by atoms with Gasteiger partial charge in [-0.05, 0) is 31.5 Å². The van der Waals surface area contributed by atoms with Gasteiger partial charge in [0.15, 0.2) is 0 Å². The van der Waals surface area contributed by atoms with Crippen LogP contribution in [0, 0.1) is 12.7 Å². The quantitative estimate of drug-likeness (QED) is 0.816. The van der Waals surface area contributed by atoms with Gasteiger partial charge in [0.05, 0.1) is 24.7 Å². The Balaban J connectivity index is 2.45. The fourth-order valence-corrected chi connectivity index (χ4v) is 1.57. The highest BCUT2D eigenvalue weighted by molar-refractivity contribution is 5.62. The van der Waals surface area contributed by atoms with Crippen LogP contribution in [-0.2, 0) is 0 Å². The number of ether oxygens (including phenoxy) is 1. The second-order valence-corrected chi connectivity index (χ2v) is 3.63. The number of aryl methyl sites for hydroxylation is 1. The maximum atomic E-state index is 13.2. The molecule has 0 amide bonds. The summed E-state index contributed by atoms with van der Waals surface area (Å²) < 4.78 is 18.5. The normalized spacial score (nSPS) is 10.3. The van der Waals surface area contributed by atoms with Crippen molar-refractivity contribution in [2.24, 2.45) is 0 Å². The van der Waals surface area contributed by atoms with E-state index in [1.165, 1.54) is 12.1 Å². The molecule has 4 heteroatoms. The molecule has 1 heterocycles.